The van der Waals surface area contributed by atoms with Crippen LogP contribution in [0.25, 0.3) is 0 Å². The fraction of sp³-hybridized carbons (Fsp3) is 0.500. The summed E-state index contributed by atoms with van der Waals surface area (Å²) in [6.45, 7) is 2.11. The van der Waals surface area contributed by atoms with E-state index >= 15 is 0 Å². The van der Waals surface area contributed by atoms with Crippen molar-refractivity contribution in [2.75, 3.05) is 0 Å². The zero-order valence-electron chi connectivity index (χ0n) is 6.93. The third-order valence-electron chi connectivity index (χ3n) is 2.31. The molecule has 0 fully saturated rings. The van der Waals surface area contributed by atoms with Crippen LogP contribution in [-0.4, -0.2) is 4.98 Å². The van der Waals surface area contributed by atoms with Gasteiger partial charge in [0, 0.05) is 11.9 Å². The molecule has 0 spiro atoms. The minimum absolute atomic E-state index is 1.19. The largest absolute Gasteiger partial charge is 0.261 e. The van der Waals surface area contributed by atoms with Crippen LogP contribution in [0.4, 0.5) is 0 Å². The predicted octanol–water partition coefficient (Wildman–Crippen LogP) is 2.27. The summed E-state index contributed by atoms with van der Waals surface area (Å²) in [5, 5.41) is 0. The maximum absolute atomic E-state index is 4.42. The van der Waals surface area contributed by atoms with Crippen molar-refractivity contribution < 1.29 is 0 Å². The molecule has 0 bridgehead atoms. The summed E-state index contributed by atoms with van der Waals surface area (Å²) in [4.78, 5) is 4.42. The Labute approximate surface area is 67.5 Å². The number of aromatic nitrogens is 1. The summed E-state index contributed by atoms with van der Waals surface area (Å²) in [6, 6.07) is 2.28. The summed E-state index contributed by atoms with van der Waals surface area (Å²) in [5.74, 6) is 0. The monoisotopic (exact) mass is 147 g/mol. The van der Waals surface area contributed by atoms with E-state index in [2.05, 4.69) is 18.0 Å². The normalized spacial score (nSPS) is 16.1. The fourth-order valence-corrected chi connectivity index (χ4v) is 1.71. The second-order valence-electron chi connectivity index (χ2n) is 3.33. The molecule has 11 heavy (non-hydrogen) atoms. The molecule has 0 saturated heterocycles. The van der Waals surface area contributed by atoms with Crippen LogP contribution in [0.1, 0.15) is 29.7 Å². The molecule has 1 aliphatic carbocycles. The van der Waals surface area contributed by atoms with Gasteiger partial charge in [-0.2, -0.15) is 0 Å². The third kappa shape index (κ3) is 1.28. The first-order chi connectivity index (χ1) is 5.36. The number of hydrogen-bond acceptors (Lipinski definition) is 1. The van der Waals surface area contributed by atoms with Gasteiger partial charge in [0.2, 0.25) is 0 Å². The predicted molar refractivity (Wildman–Crippen MR) is 45.6 cm³/mol. The van der Waals surface area contributed by atoms with Gasteiger partial charge in [-0.1, -0.05) is 6.07 Å². The quantitative estimate of drug-likeness (QED) is 0.548. The molecule has 0 saturated carbocycles. The Hall–Kier alpha value is -0.850. The van der Waals surface area contributed by atoms with E-state index in [1.807, 2.05) is 6.20 Å². The van der Waals surface area contributed by atoms with E-state index in [1.165, 1.54) is 42.5 Å². The Kier molecular flexibility index (Phi) is 1.65. The molecule has 1 aromatic heterocycles. The van der Waals surface area contributed by atoms with Crippen LogP contribution in [-0.2, 0) is 12.8 Å². The Morgan fingerprint density at radius 2 is 2.09 bits per heavy atom. The Morgan fingerprint density at radius 3 is 3.00 bits per heavy atom. The van der Waals surface area contributed by atoms with E-state index < -0.39 is 0 Å². The zero-order chi connectivity index (χ0) is 7.68. The van der Waals surface area contributed by atoms with Gasteiger partial charge >= 0.3 is 0 Å². The second-order valence-corrected chi connectivity index (χ2v) is 3.33. The molecule has 0 radical (unpaired) electrons. The first-order valence-electron chi connectivity index (χ1n) is 4.30. The SMILES string of the molecule is Cc1cnc2c(c1)CCCC2. The van der Waals surface area contributed by atoms with E-state index in [9.17, 15) is 0 Å². The molecule has 58 valence electrons. The first kappa shape index (κ1) is 6.84. The van der Waals surface area contributed by atoms with Crippen molar-refractivity contribution in [3.8, 4) is 0 Å². The molecule has 0 aliphatic heterocycles. The molecule has 1 nitrogen and oxygen atoms in total. The average Bonchev–Trinajstić information content (AvgIpc) is 2.04. The van der Waals surface area contributed by atoms with E-state index in [0.717, 1.165) is 0 Å². The summed E-state index contributed by atoms with van der Waals surface area (Å²) < 4.78 is 0. The van der Waals surface area contributed by atoms with Crippen molar-refractivity contribution in [1.29, 1.82) is 0 Å². The maximum Gasteiger partial charge on any atom is 0.0435 e. The lowest BCUT2D eigenvalue weighted by Crippen LogP contribution is -2.04. The van der Waals surface area contributed by atoms with E-state index in [-0.39, 0.29) is 0 Å². The van der Waals surface area contributed by atoms with Gasteiger partial charge in [0.1, 0.15) is 0 Å². The lowest BCUT2D eigenvalue weighted by molar-refractivity contribution is 0.666. The third-order valence-corrected chi connectivity index (χ3v) is 2.31. The van der Waals surface area contributed by atoms with Crippen LogP contribution >= 0.6 is 0 Å². The topological polar surface area (TPSA) is 12.9 Å². The highest BCUT2D eigenvalue weighted by Gasteiger charge is 2.08. The van der Waals surface area contributed by atoms with Crippen LogP contribution in [0.2, 0.25) is 0 Å². The molecule has 0 N–H and O–H groups in total. The minimum atomic E-state index is 1.19. The highest BCUT2D eigenvalue weighted by molar-refractivity contribution is 5.26. The van der Waals surface area contributed by atoms with Gasteiger partial charge in [-0.05, 0) is 43.7 Å². The van der Waals surface area contributed by atoms with Crippen LogP contribution in [0.3, 0.4) is 0 Å². The van der Waals surface area contributed by atoms with Crippen molar-refractivity contribution in [3.05, 3.63) is 29.1 Å². The molecule has 0 atom stereocenters. The van der Waals surface area contributed by atoms with Crippen molar-refractivity contribution in [3.63, 3.8) is 0 Å². The van der Waals surface area contributed by atoms with Crippen LogP contribution < -0.4 is 0 Å². The molecular formula is C10H13N. The average molecular weight is 147 g/mol. The van der Waals surface area contributed by atoms with Gasteiger partial charge in [-0.3, -0.25) is 4.98 Å². The molecule has 0 amide bonds. The highest BCUT2D eigenvalue weighted by Crippen LogP contribution is 2.19. The summed E-state index contributed by atoms with van der Waals surface area (Å²) in [7, 11) is 0. The molecule has 1 aliphatic rings. The van der Waals surface area contributed by atoms with Crippen molar-refractivity contribution >= 4 is 0 Å². The number of aryl methyl sites for hydroxylation is 3. The molecule has 1 heterocycles. The Balaban J connectivity index is 2.43. The minimum Gasteiger partial charge on any atom is -0.261 e. The number of rotatable bonds is 0. The van der Waals surface area contributed by atoms with Crippen LogP contribution in [0.5, 0.6) is 0 Å². The van der Waals surface area contributed by atoms with Gasteiger partial charge in [0.05, 0.1) is 0 Å². The lowest BCUT2D eigenvalue weighted by Gasteiger charge is -2.14. The standard InChI is InChI=1S/C10H13N/c1-8-6-9-4-2-3-5-10(9)11-7-8/h6-7H,2-5H2,1H3. The van der Waals surface area contributed by atoms with E-state index in [4.69, 9.17) is 0 Å². The fourth-order valence-electron chi connectivity index (χ4n) is 1.71. The number of hydrogen-bond donors (Lipinski definition) is 0. The van der Waals surface area contributed by atoms with E-state index in [1.54, 1.807) is 0 Å². The Bertz CT molecular complexity index is 266. The lowest BCUT2D eigenvalue weighted by atomic mass is 9.95. The van der Waals surface area contributed by atoms with Crippen molar-refractivity contribution in [1.82, 2.24) is 4.98 Å². The van der Waals surface area contributed by atoms with Crippen molar-refractivity contribution in [2.24, 2.45) is 0 Å². The molecule has 0 unspecified atom stereocenters. The summed E-state index contributed by atoms with van der Waals surface area (Å²) >= 11 is 0. The summed E-state index contributed by atoms with van der Waals surface area (Å²) in [6.07, 6.45) is 7.07. The highest BCUT2D eigenvalue weighted by atomic mass is 14.7. The van der Waals surface area contributed by atoms with E-state index in [0.29, 0.717) is 0 Å². The smallest absolute Gasteiger partial charge is 0.0435 e. The molecule has 2 rings (SSSR count). The molecule has 1 heteroatoms. The molecular weight excluding hydrogens is 134 g/mol. The number of fused-ring (bicyclic) bond motifs is 1. The summed E-state index contributed by atoms with van der Waals surface area (Å²) in [5.41, 5.74) is 4.11. The van der Waals surface area contributed by atoms with Gasteiger partial charge in [0.15, 0.2) is 0 Å². The number of pyridine rings is 1. The van der Waals surface area contributed by atoms with Gasteiger partial charge in [-0.15, -0.1) is 0 Å². The number of nitrogens with zero attached hydrogens (tertiary/aromatic N) is 1. The molecule has 0 aromatic carbocycles. The van der Waals surface area contributed by atoms with Crippen LogP contribution in [0, 0.1) is 6.92 Å². The zero-order valence-corrected chi connectivity index (χ0v) is 6.93. The maximum atomic E-state index is 4.42. The van der Waals surface area contributed by atoms with Gasteiger partial charge < -0.3 is 0 Å². The Morgan fingerprint density at radius 1 is 1.27 bits per heavy atom. The van der Waals surface area contributed by atoms with Gasteiger partial charge in [0.25, 0.3) is 0 Å². The van der Waals surface area contributed by atoms with Crippen LogP contribution in [0.15, 0.2) is 12.3 Å². The molecule has 1 aromatic rings. The second kappa shape index (κ2) is 2.65. The van der Waals surface area contributed by atoms with Gasteiger partial charge in [-0.25, -0.2) is 0 Å². The first-order valence-corrected chi connectivity index (χ1v) is 4.30. The van der Waals surface area contributed by atoms with Crippen molar-refractivity contribution in [2.45, 2.75) is 32.6 Å².